The van der Waals surface area contributed by atoms with Crippen LogP contribution < -0.4 is 0 Å². The molecule has 9 heteroatoms. The quantitative estimate of drug-likeness (QED) is 0.550. The summed E-state index contributed by atoms with van der Waals surface area (Å²) in [7, 11) is -2.82. The van der Waals surface area contributed by atoms with Gasteiger partial charge in [0.05, 0.1) is 18.9 Å². The third kappa shape index (κ3) is 3.35. The van der Waals surface area contributed by atoms with E-state index in [1.54, 1.807) is 0 Å². The highest BCUT2D eigenvalue weighted by Gasteiger charge is 2.56. The van der Waals surface area contributed by atoms with Gasteiger partial charge in [-0.3, -0.25) is 4.18 Å². The Kier molecular flexibility index (Phi) is 4.71. The minimum Gasteiger partial charge on any atom is -0.466 e. The molecule has 2 aliphatic carbocycles. The van der Waals surface area contributed by atoms with E-state index in [0.29, 0.717) is 12.8 Å². The molecule has 2 fully saturated rings. The van der Waals surface area contributed by atoms with Crippen molar-refractivity contribution >= 4 is 16.1 Å². The zero-order valence-corrected chi connectivity index (χ0v) is 14.4. The van der Waals surface area contributed by atoms with Crippen molar-refractivity contribution in [3.8, 4) is 0 Å². The second-order valence-corrected chi connectivity index (χ2v) is 8.02. The molecule has 1 saturated heterocycles. The van der Waals surface area contributed by atoms with Gasteiger partial charge in [-0.1, -0.05) is 6.42 Å². The first-order chi connectivity index (χ1) is 11.2. The maximum absolute atomic E-state index is 14.8. The number of esters is 1. The van der Waals surface area contributed by atoms with Crippen LogP contribution in [0.3, 0.4) is 0 Å². The Morgan fingerprint density at radius 1 is 1.29 bits per heavy atom. The van der Waals surface area contributed by atoms with Crippen molar-refractivity contribution in [2.75, 3.05) is 13.4 Å². The lowest BCUT2D eigenvalue weighted by molar-refractivity contribution is -0.197. The molecule has 3 unspecified atom stereocenters. The van der Waals surface area contributed by atoms with Gasteiger partial charge in [0.1, 0.15) is 18.3 Å². The molecule has 1 heterocycles. The first kappa shape index (κ1) is 17.8. The van der Waals surface area contributed by atoms with Crippen LogP contribution in [0.2, 0.25) is 0 Å². The van der Waals surface area contributed by atoms with Gasteiger partial charge >= 0.3 is 5.97 Å². The molecule has 3 rings (SSSR count). The molecule has 0 aromatic heterocycles. The zero-order chi connectivity index (χ0) is 17.5. The molecule has 0 aromatic rings. The average Bonchev–Trinajstić information content (AvgIpc) is 2.86. The fourth-order valence-electron chi connectivity index (χ4n) is 3.58. The van der Waals surface area contributed by atoms with Crippen LogP contribution in [-0.2, 0) is 33.3 Å². The van der Waals surface area contributed by atoms with Gasteiger partial charge in [0.15, 0.2) is 12.0 Å². The lowest BCUT2D eigenvalue weighted by Crippen LogP contribution is -2.49. The van der Waals surface area contributed by atoms with Gasteiger partial charge in [0.2, 0.25) is 0 Å². The van der Waals surface area contributed by atoms with E-state index in [1.807, 2.05) is 0 Å². The van der Waals surface area contributed by atoms with Gasteiger partial charge in [-0.2, -0.15) is 8.42 Å². The summed E-state index contributed by atoms with van der Waals surface area (Å²) in [6, 6.07) is 0. The molecule has 0 radical (unpaired) electrons. The van der Waals surface area contributed by atoms with Crippen molar-refractivity contribution < 1.29 is 36.0 Å². The molecule has 1 saturated carbocycles. The van der Waals surface area contributed by atoms with E-state index in [9.17, 15) is 17.6 Å². The fourth-order valence-corrected chi connectivity index (χ4v) is 4.19. The molecule has 1 spiro atoms. The number of halogens is 1. The van der Waals surface area contributed by atoms with Gasteiger partial charge in [-0.15, -0.1) is 0 Å². The fraction of sp³-hybridized carbons (Fsp3) is 0.800. The summed E-state index contributed by atoms with van der Waals surface area (Å²) in [4.78, 5) is 11.8. The molecule has 0 amide bonds. The molecule has 3 aliphatic rings. The monoisotopic (exact) mass is 364 g/mol. The van der Waals surface area contributed by atoms with E-state index in [0.717, 1.165) is 32.6 Å². The Balaban J connectivity index is 1.93. The number of fused-ring (bicyclic) bond motifs is 1. The standard InChI is InChI=1S/C15H21FO7S/c1-20-14(17)9-8-10-12(13(11(9)16)23-24(2,18)19)22-15(21-10)6-4-3-5-7-15/h8,10-13H,3-7H2,1-2H3/t10?,11?,12?,13-/m1/s1. The Bertz CT molecular complexity index is 638. The van der Waals surface area contributed by atoms with Crippen LogP contribution in [0.25, 0.3) is 0 Å². The number of ether oxygens (including phenoxy) is 3. The number of alkyl halides is 1. The normalized spacial score (nSPS) is 35.4. The largest absolute Gasteiger partial charge is 0.466 e. The SMILES string of the molecule is COC(=O)C1=CC2OC3(CCCCC3)OC2[C@H](OS(C)(=O)=O)C1F. The van der Waals surface area contributed by atoms with Crippen LogP contribution in [0.5, 0.6) is 0 Å². The van der Waals surface area contributed by atoms with E-state index in [-0.39, 0.29) is 5.57 Å². The van der Waals surface area contributed by atoms with Crippen LogP contribution in [0.15, 0.2) is 11.6 Å². The highest BCUT2D eigenvalue weighted by atomic mass is 32.2. The molecule has 7 nitrogen and oxygen atoms in total. The Hall–Kier alpha value is -1.03. The number of hydrogen-bond acceptors (Lipinski definition) is 7. The first-order valence-electron chi connectivity index (χ1n) is 7.93. The van der Waals surface area contributed by atoms with E-state index in [2.05, 4.69) is 4.74 Å². The predicted molar refractivity (Wildman–Crippen MR) is 80.3 cm³/mol. The Labute approximate surface area is 140 Å². The van der Waals surface area contributed by atoms with Crippen LogP contribution in [-0.4, -0.2) is 58.0 Å². The van der Waals surface area contributed by atoms with E-state index < -0.39 is 46.4 Å². The number of hydrogen-bond donors (Lipinski definition) is 0. The smallest absolute Gasteiger partial charge is 0.336 e. The van der Waals surface area contributed by atoms with E-state index in [4.69, 9.17) is 13.7 Å². The van der Waals surface area contributed by atoms with Gasteiger partial charge in [-0.05, 0) is 18.9 Å². The lowest BCUT2D eigenvalue weighted by atomic mass is 9.90. The minimum absolute atomic E-state index is 0.302. The summed E-state index contributed by atoms with van der Waals surface area (Å²) in [5, 5.41) is 0. The van der Waals surface area contributed by atoms with Gasteiger partial charge in [0.25, 0.3) is 10.1 Å². The summed E-state index contributed by atoms with van der Waals surface area (Å²) in [6.07, 6.45) is 1.17. The molecule has 0 bridgehead atoms. The Morgan fingerprint density at radius 2 is 1.96 bits per heavy atom. The van der Waals surface area contributed by atoms with Crippen molar-refractivity contribution in [2.45, 2.75) is 62.4 Å². The molecule has 0 N–H and O–H groups in total. The number of rotatable bonds is 3. The maximum atomic E-state index is 14.8. The summed E-state index contributed by atoms with van der Waals surface area (Å²) in [5.41, 5.74) is -0.302. The van der Waals surface area contributed by atoms with Crippen molar-refractivity contribution in [1.82, 2.24) is 0 Å². The minimum atomic E-state index is -3.95. The Morgan fingerprint density at radius 3 is 2.54 bits per heavy atom. The maximum Gasteiger partial charge on any atom is 0.336 e. The topological polar surface area (TPSA) is 88.1 Å². The van der Waals surface area contributed by atoms with Crippen molar-refractivity contribution in [3.05, 3.63) is 11.6 Å². The van der Waals surface area contributed by atoms with Crippen LogP contribution in [0.4, 0.5) is 4.39 Å². The van der Waals surface area contributed by atoms with E-state index >= 15 is 0 Å². The summed E-state index contributed by atoms with van der Waals surface area (Å²) in [6.45, 7) is 0. The van der Waals surface area contributed by atoms with Crippen LogP contribution in [0, 0.1) is 0 Å². The molecule has 1 aliphatic heterocycles. The van der Waals surface area contributed by atoms with Gasteiger partial charge < -0.3 is 14.2 Å². The zero-order valence-electron chi connectivity index (χ0n) is 13.6. The second-order valence-electron chi connectivity index (χ2n) is 6.42. The van der Waals surface area contributed by atoms with Crippen LogP contribution in [0.1, 0.15) is 32.1 Å². The lowest BCUT2D eigenvalue weighted by Gasteiger charge is -2.33. The van der Waals surface area contributed by atoms with Crippen molar-refractivity contribution in [1.29, 1.82) is 0 Å². The van der Waals surface area contributed by atoms with Crippen LogP contribution >= 0.6 is 0 Å². The van der Waals surface area contributed by atoms with Gasteiger partial charge in [0, 0.05) is 12.8 Å². The second kappa shape index (κ2) is 6.36. The van der Waals surface area contributed by atoms with Crippen molar-refractivity contribution in [3.63, 3.8) is 0 Å². The van der Waals surface area contributed by atoms with Crippen molar-refractivity contribution in [2.24, 2.45) is 0 Å². The summed E-state index contributed by atoms with van der Waals surface area (Å²) >= 11 is 0. The molecular weight excluding hydrogens is 343 g/mol. The molecule has 4 atom stereocenters. The molecular formula is C15H21FO7S. The number of methoxy groups -OCH3 is 1. The van der Waals surface area contributed by atoms with E-state index in [1.165, 1.54) is 6.08 Å². The average molecular weight is 364 g/mol. The van der Waals surface area contributed by atoms with Gasteiger partial charge in [-0.25, -0.2) is 9.18 Å². The molecule has 136 valence electrons. The highest BCUT2D eigenvalue weighted by Crippen LogP contribution is 2.45. The predicted octanol–water partition coefficient (Wildman–Crippen LogP) is 1.23. The third-order valence-corrected chi connectivity index (χ3v) is 5.17. The highest BCUT2D eigenvalue weighted by molar-refractivity contribution is 7.86. The third-order valence-electron chi connectivity index (χ3n) is 4.60. The molecule has 24 heavy (non-hydrogen) atoms. The number of carbonyl (C=O) groups excluding carboxylic acids is 1. The summed E-state index contributed by atoms with van der Waals surface area (Å²) in [5.74, 6) is -1.75. The molecule has 0 aromatic carbocycles. The number of carbonyl (C=O) groups is 1. The first-order valence-corrected chi connectivity index (χ1v) is 9.74. The summed E-state index contributed by atoms with van der Waals surface area (Å²) < 4.78 is 59.2.